The third-order valence-corrected chi connectivity index (χ3v) is 4.40. The number of carbonyl (C=O) groups excluding carboxylic acids is 2. The lowest BCUT2D eigenvalue weighted by atomic mass is 10.1. The van der Waals surface area contributed by atoms with Crippen molar-refractivity contribution >= 4 is 17.6 Å². The fraction of sp³-hybridized carbons (Fsp3) is 0.556. The summed E-state index contributed by atoms with van der Waals surface area (Å²) in [6, 6.07) is 7.51. The summed E-state index contributed by atoms with van der Waals surface area (Å²) >= 11 is 0. The van der Waals surface area contributed by atoms with E-state index in [1.54, 1.807) is 4.90 Å². The minimum atomic E-state index is -0.409. The second-order valence-electron chi connectivity index (χ2n) is 5.91. The van der Waals surface area contributed by atoms with Crippen LogP contribution in [0.15, 0.2) is 24.3 Å². The van der Waals surface area contributed by atoms with Crippen molar-refractivity contribution in [1.29, 1.82) is 0 Å². The van der Waals surface area contributed by atoms with E-state index in [0.717, 1.165) is 38.4 Å². The molecule has 1 heterocycles. The molecule has 1 amide bonds. The van der Waals surface area contributed by atoms with Crippen molar-refractivity contribution in [2.45, 2.75) is 26.3 Å². The zero-order chi connectivity index (χ0) is 17.5. The van der Waals surface area contributed by atoms with E-state index in [9.17, 15) is 9.59 Å². The number of anilines is 1. The number of morpholine rings is 1. The van der Waals surface area contributed by atoms with Gasteiger partial charge in [0.05, 0.1) is 20.3 Å². The Bertz CT molecular complexity index is 553. The molecule has 1 saturated heterocycles. The average molecular weight is 334 g/mol. The van der Waals surface area contributed by atoms with E-state index in [1.165, 1.54) is 7.11 Å². The van der Waals surface area contributed by atoms with Gasteiger partial charge < -0.3 is 19.3 Å². The van der Waals surface area contributed by atoms with Gasteiger partial charge >= 0.3 is 5.97 Å². The number of nitrogens with zero attached hydrogens (tertiary/aromatic N) is 2. The smallest absolute Gasteiger partial charge is 0.325 e. The Hall–Kier alpha value is -2.08. The van der Waals surface area contributed by atoms with Gasteiger partial charge in [-0.1, -0.05) is 6.92 Å². The lowest BCUT2D eigenvalue weighted by Gasteiger charge is -2.30. The van der Waals surface area contributed by atoms with E-state index in [-0.39, 0.29) is 18.5 Å². The fourth-order valence-corrected chi connectivity index (χ4v) is 2.65. The summed E-state index contributed by atoms with van der Waals surface area (Å²) in [6.07, 6.45) is 0.772. The standard InChI is InChI=1S/C18H26N2O4/c1-4-14(2)20(13-17(21)23-3)18(22)15-5-7-16(8-6-15)19-9-11-24-12-10-19/h5-8,14H,4,9-13H2,1-3H3/t14-/m0/s1. The number of ether oxygens (including phenoxy) is 2. The Balaban J connectivity index is 2.12. The van der Waals surface area contributed by atoms with Crippen LogP contribution in [0.2, 0.25) is 0 Å². The second-order valence-corrected chi connectivity index (χ2v) is 5.91. The second kappa shape index (κ2) is 8.68. The van der Waals surface area contributed by atoms with Crippen LogP contribution in [0.25, 0.3) is 0 Å². The molecule has 6 heteroatoms. The van der Waals surface area contributed by atoms with Crippen molar-refractivity contribution in [2.75, 3.05) is 44.9 Å². The predicted molar refractivity (Wildman–Crippen MR) is 92.3 cm³/mol. The van der Waals surface area contributed by atoms with E-state index in [4.69, 9.17) is 9.47 Å². The van der Waals surface area contributed by atoms with Crippen LogP contribution in [0, 0.1) is 0 Å². The number of rotatable bonds is 6. The van der Waals surface area contributed by atoms with Gasteiger partial charge in [0.15, 0.2) is 0 Å². The van der Waals surface area contributed by atoms with Gasteiger partial charge in [0, 0.05) is 30.4 Å². The summed E-state index contributed by atoms with van der Waals surface area (Å²) < 4.78 is 10.1. The molecule has 1 aromatic rings. The minimum Gasteiger partial charge on any atom is -0.468 e. The van der Waals surface area contributed by atoms with Gasteiger partial charge in [0.1, 0.15) is 6.54 Å². The van der Waals surface area contributed by atoms with E-state index < -0.39 is 5.97 Å². The van der Waals surface area contributed by atoms with E-state index in [2.05, 4.69) is 4.90 Å². The van der Waals surface area contributed by atoms with Crippen molar-refractivity contribution in [3.8, 4) is 0 Å². The zero-order valence-electron chi connectivity index (χ0n) is 14.7. The first kappa shape index (κ1) is 18.3. The van der Waals surface area contributed by atoms with Gasteiger partial charge in [-0.2, -0.15) is 0 Å². The molecule has 0 saturated carbocycles. The van der Waals surface area contributed by atoms with Crippen LogP contribution in [0.3, 0.4) is 0 Å². The number of carbonyl (C=O) groups is 2. The molecule has 0 aliphatic carbocycles. The zero-order valence-corrected chi connectivity index (χ0v) is 14.7. The summed E-state index contributed by atoms with van der Waals surface area (Å²) in [5.41, 5.74) is 1.66. The molecule has 0 radical (unpaired) electrons. The van der Waals surface area contributed by atoms with Crippen molar-refractivity contribution in [2.24, 2.45) is 0 Å². The van der Waals surface area contributed by atoms with Crippen LogP contribution < -0.4 is 4.90 Å². The third kappa shape index (κ3) is 4.47. The maximum atomic E-state index is 12.8. The number of hydrogen-bond acceptors (Lipinski definition) is 5. The third-order valence-electron chi connectivity index (χ3n) is 4.40. The molecule has 0 aromatic heterocycles. The van der Waals surface area contributed by atoms with Crippen molar-refractivity contribution in [3.05, 3.63) is 29.8 Å². The quantitative estimate of drug-likeness (QED) is 0.744. The largest absolute Gasteiger partial charge is 0.468 e. The van der Waals surface area contributed by atoms with Crippen LogP contribution in [-0.2, 0) is 14.3 Å². The highest BCUT2D eigenvalue weighted by Gasteiger charge is 2.23. The molecule has 1 aliphatic rings. The Morgan fingerprint density at radius 2 is 1.88 bits per heavy atom. The van der Waals surface area contributed by atoms with Crippen LogP contribution in [0.1, 0.15) is 30.6 Å². The molecule has 1 aliphatic heterocycles. The minimum absolute atomic E-state index is 0.0319. The van der Waals surface area contributed by atoms with Crippen LogP contribution in [0.5, 0.6) is 0 Å². The highest BCUT2D eigenvalue weighted by molar-refractivity contribution is 5.96. The van der Waals surface area contributed by atoms with Crippen LogP contribution in [-0.4, -0.2) is 62.8 Å². The molecular weight excluding hydrogens is 308 g/mol. The molecule has 2 rings (SSSR count). The summed E-state index contributed by atoms with van der Waals surface area (Å²) in [4.78, 5) is 28.2. The molecule has 6 nitrogen and oxygen atoms in total. The summed E-state index contributed by atoms with van der Waals surface area (Å²) in [5, 5.41) is 0. The monoisotopic (exact) mass is 334 g/mol. The van der Waals surface area contributed by atoms with Gasteiger partial charge in [-0.3, -0.25) is 9.59 Å². The fourth-order valence-electron chi connectivity index (χ4n) is 2.65. The Kier molecular flexibility index (Phi) is 6.61. The van der Waals surface area contributed by atoms with Crippen LogP contribution >= 0.6 is 0 Å². The van der Waals surface area contributed by atoms with E-state index in [0.29, 0.717) is 5.56 Å². The number of hydrogen-bond donors (Lipinski definition) is 0. The molecule has 1 atom stereocenters. The van der Waals surface area contributed by atoms with E-state index in [1.807, 2.05) is 38.1 Å². The molecule has 0 spiro atoms. The molecule has 1 fully saturated rings. The number of benzene rings is 1. The Labute approximate surface area is 143 Å². The Morgan fingerprint density at radius 3 is 2.42 bits per heavy atom. The van der Waals surface area contributed by atoms with Gasteiger partial charge in [-0.05, 0) is 37.6 Å². The summed E-state index contributed by atoms with van der Waals surface area (Å²) in [7, 11) is 1.33. The molecule has 0 N–H and O–H groups in total. The normalized spacial score (nSPS) is 15.7. The molecule has 132 valence electrons. The maximum Gasteiger partial charge on any atom is 0.325 e. The highest BCUT2D eigenvalue weighted by atomic mass is 16.5. The first-order valence-corrected chi connectivity index (χ1v) is 8.37. The summed E-state index contributed by atoms with van der Waals surface area (Å²) in [6.45, 7) is 7.05. The number of methoxy groups -OCH3 is 1. The topological polar surface area (TPSA) is 59.1 Å². The summed E-state index contributed by atoms with van der Waals surface area (Å²) in [5.74, 6) is -0.558. The molecule has 24 heavy (non-hydrogen) atoms. The van der Waals surface area contributed by atoms with E-state index >= 15 is 0 Å². The molecular formula is C18H26N2O4. The molecule has 0 bridgehead atoms. The predicted octanol–water partition coefficient (Wildman–Crippen LogP) is 1.94. The molecule has 0 unspecified atom stereocenters. The number of esters is 1. The maximum absolute atomic E-state index is 12.8. The van der Waals surface area contributed by atoms with Gasteiger partial charge in [0.25, 0.3) is 5.91 Å². The lowest BCUT2D eigenvalue weighted by molar-refractivity contribution is -0.141. The highest BCUT2D eigenvalue weighted by Crippen LogP contribution is 2.18. The van der Waals surface area contributed by atoms with Crippen molar-refractivity contribution < 1.29 is 19.1 Å². The Morgan fingerprint density at radius 1 is 1.25 bits per heavy atom. The van der Waals surface area contributed by atoms with Gasteiger partial charge in [-0.15, -0.1) is 0 Å². The van der Waals surface area contributed by atoms with Crippen LogP contribution in [0.4, 0.5) is 5.69 Å². The number of amides is 1. The SMILES string of the molecule is CC[C@H](C)N(CC(=O)OC)C(=O)c1ccc(N2CCOCC2)cc1. The van der Waals surface area contributed by atoms with Crippen molar-refractivity contribution in [3.63, 3.8) is 0 Å². The first-order valence-electron chi connectivity index (χ1n) is 8.37. The first-order chi connectivity index (χ1) is 11.6. The van der Waals surface area contributed by atoms with Gasteiger partial charge in [0.2, 0.25) is 0 Å². The van der Waals surface area contributed by atoms with Crippen molar-refractivity contribution in [1.82, 2.24) is 4.90 Å². The molecule has 1 aromatic carbocycles. The van der Waals surface area contributed by atoms with Gasteiger partial charge in [-0.25, -0.2) is 0 Å². The average Bonchev–Trinajstić information content (AvgIpc) is 2.65. The lowest BCUT2D eigenvalue weighted by Crippen LogP contribution is -2.42.